The summed E-state index contributed by atoms with van der Waals surface area (Å²) in [7, 11) is 4.17. The minimum absolute atomic E-state index is 0.298. The van der Waals surface area contributed by atoms with Gasteiger partial charge in [0.1, 0.15) is 0 Å². The maximum Gasteiger partial charge on any atom is 0.195 e. The van der Waals surface area contributed by atoms with Crippen LogP contribution in [-0.4, -0.2) is 40.3 Å². The van der Waals surface area contributed by atoms with Crippen LogP contribution in [0.1, 0.15) is 19.9 Å². The lowest BCUT2D eigenvalue weighted by Gasteiger charge is -2.26. The molecule has 0 saturated carbocycles. The van der Waals surface area contributed by atoms with Gasteiger partial charge in [0, 0.05) is 12.1 Å². The van der Waals surface area contributed by atoms with E-state index in [-0.39, 0.29) is 0 Å². The van der Waals surface area contributed by atoms with E-state index in [2.05, 4.69) is 59.7 Å². The SMILES string of the molecule is CC(C)C(CN(C)C)n1c(-c2ccccc2)n[nH]c1=S. The van der Waals surface area contributed by atoms with Crippen molar-refractivity contribution in [1.82, 2.24) is 19.7 Å². The molecule has 1 heterocycles. The van der Waals surface area contributed by atoms with E-state index in [1.165, 1.54) is 0 Å². The van der Waals surface area contributed by atoms with E-state index < -0.39 is 0 Å². The van der Waals surface area contributed by atoms with Crippen LogP contribution in [0.2, 0.25) is 0 Å². The normalized spacial score (nSPS) is 13.1. The second kappa shape index (κ2) is 6.33. The Kier molecular flexibility index (Phi) is 4.73. The lowest BCUT2D eigenvalue weighted by Crippen LogP contribution is -2.28. The second-order valence-corrected chi connectivity index (χ2v) is 6.05. The van der Waals surface area contributed by atoms with Crippen LogP contribution in [0.4, 0.5) is 0 Å². The number of nitrogens with zero attached hydrogens (tertiary/aromatic N) is 3. The molecule has 4 nitrogen and oxygen atoms in total. The lowest BCUT2D eigenvalue weighted by atomic mass is 10.0. The van der Waals surface area contributed by atoms with Crippen molar-refractivity contribution in [1.29, 1.82) is 0 Å². The number of hydrogen-bond donors (Lipinski definition) is 1. The molecule has 0 saturated heterocycles. The number of rotatable bonds is 5. The summed E-state index contributed by atoms with van der Waals surface area (Å²) in [6, 6.07) is 10.5. The van der Waals surface area contributed by atoms with Crippen LogP contribution in [0.3, 0.4) is 0 Å². The molecule has 2 rings (SSSR count). The van der Waals surface area contributed by atoms with Gasteiger partial charge >= 0.3 is 0 Å². The van der Waals surface area contributed by atoms with Gasteiger partial charge in [-0.15, -0.1) is 0 Å². The van der Waals surface area contributed by atoms with Gasteiger partial charge in [-0.3, -0.25) is 9.67 Å². The van der Waals surface area contributed by atoms with E-state index in [0.717, 1.165) is 17.9 Å². The third kappa shape index (κ3) is 3.16. The minimum Gasteiger partial charge on any atom is -0.307 e. The van der Waals surface area contributed by atoms with E-state index in [9.17, 15) is 0 Å². The molecule has 1 unspecified atom stereocenters. The second-order valence-electron chi connectivity index (χ2n) is 5.66. The molecule has 0 amide bonds. The highest BCUT2D eigenvalue weighted by molar-refractivity contribution is 7.71. The number of benzene rings is 1. The minimum atomic E-state index is 0.298. The quantitative estimate of drug-likeness (QED) is 0.858. The number of hydrogen-bond acceptors (Lipinski definition) is 3. The molecule has 5 heteroatoms. The molecule has 1 atom stereocenters. The Labute approximate surface area is 125 Å². The Morgan fingerprint density at radius 1 is 1.25 bits per heavy atom. The Morgan fingerprint density at radius 3 is 2.45 bits per heavy atom. The largest absolute Gasteiger partial charge is 0.307 e. The maximum atomic E-state index is 5.45. The van der Waals surface area contributed by atoms with Crippen molar-refractivity contribution in [3.8, 4) is 11.4 Å². The summed E-state index contributed by atoms with van der Waals surface area (Å²) >= 11 is 5.45. The van der Waals surface area contributed by atoms with Crippen molar-refractivity contribution in [2.45, 2.75) is 19.9 Å². The van der Waals surface area contributed by atoms with E-state index in [1.807, 2.05) is 18.2 Å². The molecular weight excluding hydrogens is 268 g/mol. The molecule has 0 spiro atoms. The van der Waals surface area contributed by atoms with Crippen LogP contribution in [-0.2, 0) is 0 Å². The fraction of sp³-hybridized carbons (Fsp3) is 0.467. The number of aromatic amines is 1. The number of aromatic nitrogens is 3. The fourth-order valence-corrected chi connectivity index (χ4v) is 2.64. The monoisotopic (exact) mass is 290 g/mol. The smallest absolute Gasteiger partial charge is 0.195 e. The highest BCUT2D eigenvalue weighted by atomic mass is 32.1. The molecule has 0 aliphatic carbocycles. The predicted molar refractivity (Wildman–Crippen MR) is 85.3 cm³/mol. The third-order valence-corrected chi connectivity index (χ3v) is 3.68. The Morgan fingerprint density at radius 2 is 1.90 bits per heavy atom. The standard InChI is InChI=1S/C15H22N4S/c1-11(2)13(10-18(3)4)19-14(16-17-15(19)20)12-8-6-5-7-9-12/h5-9,11,13H,10H2,1-4H3,(H,17,20). The Bertz CT molecular complexity index is 598. The molecule has 1 aromatic heterocycles. The van der Waals surface area contributed by atoms with Crippen molar-refractivity contribution in [3.63, 3.8) is 0 Å². The third-order valence-electron chi connectivity index (χ3n) is 3.39. The van der Waals surface area contributed by atoms with E-state index in [0.29, 0.717) is 16.7 Å². The molecule has 0 radical (unpaired) electrons. The molecule has 0 aliphatic heterocycles. The molecule has 2 aromatic rings. The summed E-state index contributed by atoms with van der Waals surface area (Å²) in [6.45, 7) is 5.38. The maximum absolute atomic E-state index is 5.45. The zero-order chi connectivity index (χ0) is 14.7. The summed E-state index contributed by atoms with van der Waals surface area (Å²) in [6.07, 6.45) is 0. The summed E-state index contributed by atoms with van der Waals surface area (Å²) in [4.78, 5) is 2.19. The van der Waals surface area contributed by atoms with Gasteiger partial charge in [0.05, 0.1) is 6.04 Å². The van der Waals surface area contributed by atoms with Crippen molar-refractivity contribution >= 4 is 12.2 Å². The first kappa shape index (κ1) is 14.9. The van der Waals surface area contributed by atoms with Gasteiger partial charge in [-0.1, -0.05) is 44.2 Å². The number of likely N-dealkylation sites (N-methyl/N-ethyl adjacent to an activating group) is 1. The first-order chi connectivity index (χ1) is 9.50. The van der Waals surface area contributed by atoms with Gasteiger partial charge in [0.25, 0.3) is 0 Å². The van der Waals surface area contributed by atoms with Crippen molar-refractivity contribution in [2.75, 3.05) is 20.6 Å². The molecule has 0 bridgehead atoms. The van der Waals surface area contributed by atoms with Crippen LogP contribution in [0.5, 0.6) is 0 Å². The van der Waals surface area contributed by atoms with Crippen LogP contribution < -0.4 is 0 Å². The molecule has 0 fully saturated rings. The van der Waals surface area contributed by atoms with E-state index in [1.54, 1.807) is 0 Å². The molecule has 1 aromatic carbocycles. The van der Waals surface area contributed by atoms with Crippen LogP contribution >= 0.6 is 12.2 Å². The van der Waals surface area contributed by atoms with Gasteiger partial charge < -0.3 is 4.90 Å². The predicted octanol–water partition coefficient (Wildman–Crippen LogP) is 3.37. The summed E-state index contributed by atoms with van der Waals surface area (Å²) in [5, 5.41) is 7.37. The van der Waals surface area contributed by atoms with Crippen molar-refractivity contribution in [2.24, 2.45) is 5.92 Å². The molecular formula is C15H22N4S. The Hall–Kier alpha value is -1.46. The molecule has 108 valence electrons. The summed E-state index contributed by atoms with van der Waals surface area (Å²) in [5.74, 6) is 1.39. The van der Waals surface area contributed by atoms with Crippen LogP contribution in [0.15, 0.2) is 30.3 Å². The van der Waals surface area contributed by atoms with Crippen molar-refractivity contribution < 1.29 is 0 Å². The number of nitrogens with one attached hydrogen (secondary N) is 1. The van der Waals surface area contributed by atoms with Crippen molar-refractivity contribution in [3.05, 3.63) is 35.1 Å². The highest BCUT2D eigenvalue weighted by Gasteiger charge is 2.21. The van der Waals surface area contributed by atoms with Gasteiger partial charge in [-0.2, -0.15) is 5.10 Å². The first-order valence-corrected chi connectivity index (χ1v) is 7.28. The lowest BCUT2D eigenvalue weighted by molar-refractivity contribution is 0.269. The number of H-pyrrole nitrogens is 1. The highest BCUT2D eigenvalue weighted by Crippen LogP contribution is 2.26. The molecule has 20 heavy (non-hydrogen) atoms. The zero-order valence-corrected chi connectivity index (χ0v) is 13.3. The van der Waals surface area contributed by atoms with Gasteiger partial charge in [-0.05, 0) is 32.2 Å². The first-order valence-electron chi connectivity index (χ1n) is 6.87. The zero-order valence-electron chi connectivity index (χ0n) is 12.5. The molecule has 0 aliphatic rings. The summed E-state index contributed by atoms with van der Waals surface area (Å²) < 4.78 is 2.83. The van der Waals surface area contributed by atoms with E-state index >= 15 is 0 Å². The summed E-state index contributed by atoms with van der Waals surface area (Å²) in [5.41, 5.74) is 1.09. The van der Waals surface area contributed by atoms with Crippen LogP contribution in [0, 0.1) is 10.7 Å². The fourth-order valence-electron chi connectivity index (χ4n) is 2.37. The van der Waals surface area contributed by atoms with Crippen LogP contribution in [0.25, 0.3) is 11.4 Å². The average molecular weight is 290 g/mol. The van der Waals surface area contributed by atoms with Gasteiger partial charge in [0.15, 0.2) is 10.6 Å². The van der Waals surface area contributed by atoms with Gasteiger partial charge in [-0.25, -0.2) is 0 Å². The topological polar surface area (TPSA) is 36.9 Å². The van der Waals surface area contributed by atoms with E-state index in [4.69, 9.17) is 12.2 Å². The molecule has 1 N–H and O–H groups in total. The average Bonchev–Trinajstić information content (AvgIpc) is 2.78. The Balaban J connectivity index is 2.50. The van der Waals surface area contributed by atoms with Gasteiger partial charge in [0.2, 0.25) is 0 Å².